The Balaban J connectivity index is 2.19. The fourth-order valence-electron chi connectivity index (χ4n) is 0.0167. The fraction of sp³-hybridized carbons (Fsp3) is 0. The maximum atomic E-state index is 3.74. The minimum Gasteiger partial charge on any atom is -0.189 e. The Morgan fingerprint density at radius 3 is 1.60 bits per heavy atom. The van der Waals surface area contributed by atoms with Crippen molar-refractivity contribution in [2.24, 2.45) is 0 Å². The smallest absolute Gasteiger partial charge is 0.00336 e. The van der Waals surface area contributed by atoms with Crippen LogP contribution in [-0.4, -0.2) is 0 Å². The maximum Gasteiger partial charge on any atom is -0.00336 e. The van der Waals surface area contributed by atoms with Crippen molar-refractivity contribution in [1.29, 1.82) is 0 Å². The van der Waals surface area contributed by atoms with Crippen molar-refractivity contribution >= 4 is 45.3 Å². The molecule has 0 aliphatic rings. The second-order valence-electron chi connectivity index (χ2n) is 0.266. The maximum absolute atomic E-state index is 3.74. The third kappa shape index (κ3) is 5.36. The summed E-state index contributed by atoms with van der Waals surface area (Å²) in [5.74, 6) is 0. The summed E-state index contributed by atoms with van der Waals surface area (Å²) in [6.07, 6.45) is 0. The molecule has 0 spiro atoms. The number of hydrogen-bond acceptors (Lipinski definition) is 5. The average Bonchev–Trinajstić information content (AvgIpc) is 1.41. The van der Waals surface area contributed by atoms with Crippen molar-refractivity contribution in [3.63, 3.8) is 0 Å². The second-order valence-corrected chi connectivity index (χ2v) is 2.39. The third-order valence-electron chi connectivity index (χ3n) is 0.0745. The van der Waals surface area contributed by atoms with Crippen LogP contribution < -0.4 is 4.13 Å². The molecule has 0 unspecified atom stereocenters. The van der Waals surface area contributed by atoms with Crippen LogP contribution in [0.25, 0.3) is 0 Å². The number of hydrogen-bond donors (Lipinski definition) is 3. The van der Waals surface area contributed by atoms with Crippen molar-refractivity contribution < 1.29 is 0 Å². The fourth-order valence-corrected chi connectivity index (χ4v) is 1.35. The lowest BCUT2D eigenvalue weighted by atomic mass is 13.9. The molecule has 0 saturated heterocycles. The summed E-state index contributed by atoms with van der Waals surface area (Å²) in [6, 6.07) is 0. The molecule has 0 saturated carbocycles. The minimum atomic E-state index is 1.23. The Morgan fingerprint density at radius 2 is 1.60 bits per heavy atom. The van der Waals surface area contributed by atoms with E-state index in [1.807, 2.05) is 0 Å². The van der Waals surface area contributed by atoms with E-state index < -0.39 is 0 Å². The van der Waals surface area contributed by atoms with Crippen LogP contribution in [0.5, 0.6) is 0 Å². The summed E-state index contributed by atoms with van der Waals surface area (Å²) in [7, 11) is 2.47. The van der Waals surface area contributed by atoms with Gasteiger partial charge in [-0.3, -0.25) is 0 Å². The van der Waals surface area contributed by atoms with Gasteiger partial charge in [-0.1, -0.05) is 23.3 Å². The molecule has 0 aliphatic carbocycles. The summed E-state index contributed by atoms with van der Waals surface area (Å²) in [5, 5.41) is 0. The molecular weight excluding hydrogens is 142 g/mol. The first-order chi connectivity index (χ1) is 2.41. The zero-order valence-electron chi connectivity index (χ0n) is 2.21. The molecule has 0 aromatic carbocycles. The topological polar surface area (TPSA) is 12.0 Å². The highest BCUT2D eigenvalue weighted by Gasteiger charge is 1.66. The largest absolute Gasteiger partial charge is 0.189 e. The number of rotatable bonds is 2. The summed E-state index contributed by atoms with van der Waals surface area (Å²) in [6.45, 7) is 0. The first-order valence-electron chi connectivity index (χ1n) is 0.773. The highest BCUT2D eigenvalue weighted by Crippen LogP contribution is 2.07. The SMILES string of the molecule is SSNSS. The van der Waals surface area contributed by atoms with Gasteiger partial charge in [-0.05, 0) is 22.0 Å². The van der Waals surface area contributed by atoms with E-state index in [1.165, 1.54) is 22.0 Å². The zero-order valence-corrected chi connectivity index (χ0v) is 5.63. The Kier molecular flexibility index (Phi) is 6.82. The molecule has 0 aliphatic heterocycles. The van der Waals surface area contributed by atoms with Gasteiger partial charge in [0.2, 0.25) is 0 Å². The lowest BCUT2D eigenvalue weighted by Crippen LogP contribution is -1.73. The van der Waals surface area contributed by atoms with Gasteiger partial charge in [0.15, 0.2) is 0 Å². The normalized spacial score (nSPS) is 8.40. The lowest BCUT2D eigenvalue weighted by molar-refractivity contribution is 1.82. The van der Waals surface area contributed by atoms with E-state index in [0.29, 0.717) is 0 Å². The van der Waals surface area contributed by atoms with Crippen molar-refractivity contribution in [3.8, 4) is 0 Å². The minimum absolute atomic E-state index is 1.23. The predicted molar refractivity (Wildman–Crippen MR) is 36.3 cm³/mol. The summed E-state index contributed by atoms with van der Waals surface area (Å²) in [5.41, 5.74) is 0. The van der Waals surface area contributed by atoms with Gasteiger partial charge in [0.1, 0.15) is 0 Å². The standard InChI is InChI=1S/H3NS4/c2-4-1-5-3/h1-3H. The van der Waals surface area contributed by atoms with Crippen LogP contribution in [-0.2, 0) is 0 Å². The monoisotopic (exact) mass is 145 g/mol. The first-order valence-corrected chi connectivity index (χ1v) is 4.51. The van der Waals surface area contributed by atoms with E-state index in [1.54, 1.807) is 0 Å². The zero-order chi connectivity index (χ0) is 4.12. The van der Waals surface area contributed by atoms with E-state index in [4.69, 9.17) is 0 Å². The molecule has 5 heteroatoms. The van der Waals surface area contributed by atoms with Crippen molar-refractivity contribution in [1.82, 2.24) is 4.13 Å². The molecule has 0 fully saturated rings. The van der Waals surface area contributed by atoms with Crippen LogP contribution >= 0.6 is 45.3 Å². The Labute approximate surface area is 49.6 Å². The van der Waals surface area contributed by atoms with E-state index >= 15 is 0 Å². The van der Waals surface area contributed by atoms with E-state index in [2.05, 4.69) is 27.4 Å². The summed E-state index contributed by atoms with van der Waals surface area (Å²) < 4.78 is 2.67. The summed E-state index contributed by atoms with van der Waals surface area (Å²) >= 11 is 7.47. The Morgan fingerprint density at radius 1 is 1.20 bits per heavy atom. The molecule has 0 heterocycles. The van der Waals surface area contributed by atoms with Crippen molar-refractivity contribution in [2.75, 3.05) is 0 Å². The second kappa shape index (κ2) is 5.36. The molecule has 5 heavy (non-hydrogen) atoms. The predicted octanol–water partition coefficient (Wildman–Crippen LogP) is 1.56. The van der Waals surface area contributed by atoms with Crippen LogP contribution in [0, 0.1) is 0 Å². The van der Waals surface area contributed by atoms with Gasteiger partial charge in [-0.2, -0.15) is 4.13 Å². The van der Waals surface area contributed by atoms with Crippen LogP contribution in [0.15, 0.2) is 0 Å². The molecular formula is H3NS4. The van der Waals surface area contributed by atoms with Crippen LogP contribution in [0.1, 0.15) is 0 Å². The average molecular weight is 145 g/mol. The molecule has 0 atom stereocenters. The van der Waals surface area contributed by atoms with Crippen molar-refractivity contribution in [2.45, 2.75) is 0 Å². The van der Waals surface area contributed by atoms with Crippen LogP contribution in [0.3, 0.4) is 0 Å². The molecule has 0 rings (SSSR count). The van der Waals surface area contributed by atoms with Crippen molar-refractivity contribution in [3.05, 3.63) is 0 Å². The molecule has 0 radical (unpaired) electrons. The van der Waals surface area contributed by atoms with Gasteiger partial charge < -0.3 is 0 Å². The van der Waals surface area contributed by atoms with Gasteiger partial charge >= 0.3 is 0 Å². The van der Waals surface area contributed by atoms with Gasteiger partial charge in [-0.15, -0.1) is 0 Å². The Bertz CT molecular complexity index is 11.1. The molecule has 0 aromatic heterocycles. The van der Waals surface area contributed by atoms with Crippen LogP contribution in [0.4, 0.5) is 0 Å². The first kappa shape index (κ1) is 6.36. The molecule has 1 N–H and O–H groups in total. The molecule has 0 bridgehead atoms. The molecule has 32 valence electrons. The van der Waals surface area contributed by atoms with Gasteiger partial charge in [0.25, 0.3) is 0 Å². The molecule has 1 nitrogen and oxygen atoms in total. The van der Waals surface area contributed by atoms with Gasteiger partial charge in [0.05, 0.1) is 0 Å². The highest BCUT2D eigenvalue weighted by molar-refractivity contribution is 8.76. The Hall–Kier alpha value is 1.36. The molecule has 0 amide bonds. The van der Waals surface area contributed by atoms with Gasteiger partial charge in [0, 0.05) is 0 Å². The number of thiol groups is 2. The number of nitrogens with one attached hydrogen (secondary N) is 1. The quantitative estimate of drug-likeness (QED) is 0.310. The lowest BCUT2D eigenvalue weighted by Gasteiger charge is -1.81. The third-order valence-corrected chi connectivity index (χ3v) is 2.01. The van der Waals surface area contributed by atoms with E-state index in [9.17, 15) is 0 Å². The summed E-state index contributed by atoms with van der Waals surface area (Å²) in [4.78, 5) is 0. The van der Waals surface area contributed by atoms with E-state index in [0.717, 1.165) is 0 Å². The van der Waals surface area contributed by atoms with Gasteiger partial charge in [-0.25, -0.2) is 0 Å². The van der Waals surface area contributed by atoms with Crippen LogP contribution in [0.2, 0.25) is 0 Å². The molecule has 0 aromatic rings. The highest BCUT2D eigenvalue weighted by atomic mass is 33.1. The van der Waals surface area contributed by atoms with E-state index in [-0.39, 0.29) is 0 Å².